The molecule has 2 aromatic rings. The van der Waals surface area contributed by atoms with Crippen LogP contribution in [0.25, 0.3) is 11.2 Å². The van der Waals surface area contributed by atoms with Crippen molar-refractivity contribution in [3.05, 3.63) is 39.8 Å². The van der Waals surface area contributed by atoms with Gasteiger partial charge in [-0.25, -0.2) is 9.78 Å². The van der Waals surface area contributed by atoms with Crippen LogP contribution < -0.4 is 11.2 Å². The second-order valence-corrected chi connectivity index (χ2v) is 3.15. The van der Waals surface area contributed by atoms with Gasteiger partial charge in [-0.05, 0) is 0 Å². The predicted octanol–water partition coefficient (Wildman–Crippen LogP) is -0.391. The molecule has 15 heavy (non-hydrogen) atoms. The van der Waals surface area contributed by atoms with Gasteiger partial charge in [0.1, 0.15) is 5.52 Å². The summed E-state index contributed by atoms with van der Waals surface area (Å²) >= 11 is 0. The number of aromatic amines is 1. The fraction of sp³-hybridized carbons (Fsp3) is 0.222. The molecule has 0 saturated heterocycles. The maximum atomic E-state index is 11.7. The van der Waals surface area contributed by atoms with Gasteiger partial charge < -0.3 is 4.98 Å². The van der Waals surface area contributed by atoms with Crippen LogP contribution in [0.1, 0.15) is 0 Å². The molecule has 2 rings (SSSR count). The summed E-state index contributed by atoms with van der Waals surface area (Å²) in [6.45, 7) is 3.88. The van der Waals surface area contributed by atoms with Gasteiger partial charge in [0.25, 0.3) is 5.56 Å². The molecule has 0 aliphatic rings. The van der Waals surface area contributed by atoms with Crippen LogP contribution in [0.15, 0.2) is 28.6 Å². The van der Waals surface area contributed by atoms with Gasteiger partial charge in [0, 0.05) is 13.6 Å². The molecule has 0 aromatic carbocycles. The molecule has 0 saturated carbocycles. The zero-order chi connectivity index (χ0) is 11.0. The topological polar surface area (TPSA) is 72.7 Å². The summed E-state index contributed by atoms with van der Waals surface area (Å²) in [5.41, 5.74) is -0.0609. The number of nitrogens with zero attached hydrogens (tertiary/aromatic N) is 3. The number of rotatable bonds is 2. The third-order valence-electron chi connectivity index (χ3n) is 2.22. The van der Waals surface area contributed by atoms with Crippen molar-refractivity contribution in [3.63, 3.8) is 0 Å². The Morgan fingerprint density at radius 1 is 1.60 bits per heavy atom. The summed E-state index contributed by atoms with van der Waals surface area (Å²) in [5, 5.41) is 0. The Bertz CT molecular complexity index is 632. The molecule has 1 N–H and O–H groups in total. The van der Waals surface area contributed by atoms with Crippen LogP contribution in [-0.4, -0.2) is 19.1 Å². The van der Waals surface area contributed by atoms with E-state index in [-0.39, 0.29) is 11.2 Å². The van der Waals surface area contributed by atoms with Gasteiger partial charge in [0.15, 0.2) is 5.65 Å². The summed E-state index contributed by atoms with van der Waals surface area (Å²) in [4.78, 5) is 30.0. The zero-order valence-electron chi connectivity index (χ0n) is 8.23. The number of imidazole rings is 1. The highest BCUT2D eigenvalue weighted by atomic mass is 16.2. The van der Waals surface area contributed by atoms with Crippen LogP contribution in [0.5, 0.6) is 0 Å². The SMILES string of the molecule is C=CCn1c(=O)n(C)c(=O)c2[nH]cnc21. The summed E-state index contributed by atoms with van der Waals surface area (Å²) in [6.07, 6.45) is 2.98. The third kappa shape index (κ3) is 1.22. The van der Waals surface area contributed by atoms with Gasteiger partial charge >= 0.3 is 5.69 Å². The van der Waals surface area contributed by atoms with E-state index in [1.807, 2.05) is 0 Å². The highest BCUT2D eigenvalue weighted by molar-refractivity contribution is 5.68. The third-order valence-corrected chi connectivity index (χ3v) is 2.22. The number of aromatic nitrogens is 4. The molecule has 0 spiro atoms. The molecular formula is C9H10N4O2. The van der Waals surface area contributed by atoms with E-state index < -0.39 is 0 Å². The largest absolute Gasteiger partial charge is 0.339 e. The molecule has 6 heteroatoms. The average Bonchev–Trinajstić information content (AvgIpc) is 2.70. The molecule has 0 atom stereocenters. The van der Waals surface area contributed by atoms with Gasteiger partial charge in [0.2, 0.25) is 0 Å². The lowest BCUT2D eigenvalue weighted by molar-refractivity contribution is 0.678. The minimum atomic E-state index is -0.389. The first-order chi connectivity index (χ1) is 7.16. The van der Waals surface area contributed by atoms with Crippen LogP contribution in [0.2, 0.25) is 0 Å². The number of H-pyrrole nitrogens is 1. The first-order valence-electron chi connectivity index (χ1n) is 4.40. The van der Waals surface area contributed by atoms with Crippen LogP contribution in [0.3, 0.4) is 0 Å². The van der Waals surface area contributed by atoms with Crippen LogP contribution in [-0.2, 0) is 13.6 Å². The van der Waals surface area contributed by atoms with E-state index in [0.717, 1.165) is 4.57 Å². The highest BCUT2D eigenvalue weighted by Gasteiger charge is 2.11. The van der Waals surface area contributed by atoms with Gasteiger partial charge in [-0.2, -0.15) is 0 Å². The lowest BCUT2D eigenvalue weighted by Gasteiger charge is -2.04. The maximum Gasteiger partial charge on any atom is 0.332 e. The lowest BCUT2D eigenvalue weighted by Crippen LogP contribution is -2.38. The van der Waals surface area contributed by atoms with E-state index in [9.17, 15) is 9.59 Å². The number of allylic oxidation sites excluding steroid dienone is 1. The summed E-state index contributed by atoms with van der Waals surface area (Å²) in [5.74, 6) is 0. The predicted molar refractivity (Wildman–Crippen MR) is 55.8 cm³/mol. The molecule has 0 unspecified atom stereocenters. The quantitative estimate of drug-likeness (QED) is 0.680. The normalized spacial score (nSPS) is 10.7. The molecule has 0 aliphatic carbocycles. The molecule has 78 valence electrons. The van der Waals surface area contributed by atoms with E-state index in [1.54, 1.807) is 6.08 Å². The molecule has 2 aromatic heterocycles. The molecule has 6 nitrogen and oxygen atoms in total. The molecular weight excluding hydrogens is 196 g/mol. The molecule has 0 amide bonds. The molecule has 0 aliphatic heterocycles. The highest BCUT2D eigenvalue weighted by Crippen LogP contribution is 2.00. The molecule has 2 heterocycles. The average molecular weight is 206 g/mol. The Morgan fingerprint density at radius 3 is 3.00 bits per heavy atom. The zero-order valence-corrected chi connectivity index (χ0v) is 8.23. The van der Waals surface area contributed by atoms with Crippen molar-refractivity contribution in [1.82, 2.24) is 19.1 Å². The number of fused-ring (bicyclic) bond motifs is 1. The Kier molecular flexibility index (Phi) is 2.03. The van der Waals surface area contributed by atoms with Gasteiger partial charge in [-0.15, -0.1) is 6.58 Å². The van der Waals surface area contributed by atoms with Crippen molar-refractivity contribution in [3.8, 4) is 0 Å². The van der Waals surface area contributed by atoms with Crippen molar-refractivity contribution >= 4 is 11.2 Å². The molecule has 0 bridgehead atoms. The molecule has 0 fully saturated rings. The van der Waals surface area contributed by atoms with Crippen molar-refractivity contribution in [2.24, 2.45) is 7.05 Å². The lowest BCUT2D eigenvalue weighted by atomic mass is 10.5. The van der Waals surface area contributed by atoms with Crippen LogP contribution in [0.4, 0.5) is 0 Å². The van der Waals surface area contributed by atoms with E-state index >= 15 is 0 Å². The Hall–Kier alpha value is -2.11. The number of hydrogen-bond acceptors (Lipinski definition) is 3. The van der Waals surface area contributed by atoms with Crippen molar-refractivity contribution in [2.75, 3.05) is 0 Å². The van der Waals surface area contributed by atoms with Crippen LogP contribution in [0, 0.1) is 0 Å². The second kappa shape index (κ2) is 3.23. The standard InChI is InChI=1S/C9H10N4O2/c1-3-4-13-7-6(10-5-11-7)8(14)12(2)9(13)15/h3,5H,1,4H2,2H3,(H,10,11). The summed E-state index contributed by atoms with van der Waals surface area (Å²) in [6, 6.07) is 0. The summed E-state index contributed by atoms with van der Waals surface area (Å²) in [7, 11) is 1.44. The maximum absolute atomic E-state index is 11.7. The van der Waals surface area contributed by atoms with Gasteiger partial charge in [0.05, 0.1) is 6.33 Å². The van der Waals surface area contributed by atoms with E-state index in [1.165, 1.54) is 17.9 Å². The number of nitrogens with one attached hydrogen (secondary N) is 1. The van der Waals surface area contributed by atoms with E-state index in [2.05, 4.69) is 16.5 Å². The first-order valence-corrected chi connectivity index (χ1v) is 4.40. The fourth-order valence-electron chi connectivity index (χ4n) is 1.47. The Balaban J connectivity index is 3.01. The van der Waals surface area contributed by atoms with Gasteiger partial charge in [-0.1, -0.05) is 6.08 Å². The summed E-state index contributed by atoms with van der Waals surface area (Å²) < 4.78 is 2.43. The smallest absolute Gasteiger partial charge is 0.332 e. The van der Waals surface area contributed by atoms with Crippen LogP contribution >= 0.6 is 0 Å². The second-order valence-electron chi connectivity index (χ2n) is 3.15. The van der Waals surface area contributed by atoms with Crippen molar-refractivity contribution < 1.29 is 0 Å². The fourth-order valence-corrected chi connectivity index (χ4v) is 1.47. The van der Waals surface area contributed by atoms with Crippen molar-refractivity contribution in [1.29, 1.82) is 0 Å². The number of hydrogen-bond donors (Lipinski definition) is 1. The Morgan fingerprint density at radius 2 is 2.33 bits per heavy atom. The minimum Gasteiger partial charge on any atom is -0.339 e. The monoisotopic (exact) mass is 206 g/mol. The minimum absolute atomic E-state index is 0.328. The van der Waals surface area contributed by atoms with Gasteiger partial charge in [-0.3, -0.25) is 13.9 Å². The van der Waals surface area contributed by atoms with E-state index in [0.29, 0.717) is 17.7 Å². The molecule has 0 radical (unpaired) electrons. The Labute approximate surface area is 84.5 Å². The van der Waals surface area contributed by atoms with E-state index in [4.69, 9.17) is 0 Å². The van der Waals surface area contributed by atoms with Crippen molar-refractivity contribution in [2.45, 2.75) is 6.54 Å². The first kappa shape index (κ1) is 9.45.